The first-order valence-corrected chi connectivity index (χ1v) is 11.2. The molecule has 0 amide bonds. The number of rotatable bonds is 1. The van der Waals surface area contributed by atoms with Crippen LogP contribution in [0.15, 0.2) is 27.6 Å². The molecule has 0 bridgehead atoms. The molecule has 0 aromatic carbocycles. The summed E-state index contributed by atoms with van der Waals surface area (Å²) < 4.78 is 5.18. The molecule has 0 aliphatic heterocycles. The van der Waals surface area contributed by atoms with Crippen molar-refractivity contribution >= 4 is 0 Å². The van der Waals surface area contributed by atoms with Gasteiger partial charge in [-0.05, 0) is 92.1 Å². The molecule has 148 valence electrons. The lowest BCUT2D eigenvalue weighted by Crippen LogP contribution is -2.61. The molecular weight excluding hydrogens is 336 g/mol. The van der Waals surface area contributed by atoms with Crippen LogP contribution in [-0.4, -0.2) is 10.7 Å². The lowest BCUT2D eigenvalue weighted by Gasteiger charge is -2.63. The Morgan fingerprint density at radius 2 is 1.81 bits per heavy atom. The van der Waals surface area contributed by atoms with Gasteiger partial charge in [0.15, 0.2) is 0 Å². The molecule has 5 rings (SSSR count). The third kappa shape index (κ3) is 2.33. The Morgan fingerprint density at radius 3 is 2.59 bits per heavy atom. The van der Waals surface area contributed by atoms with Crippen LogP contribution in [0.1, 0.15) is 89.5 Å². The standard InChI is InChI=1S/C24H34O3/c1-22-12-4-3-5-17(22)7-8-20-19(22)10-13-23(2)18(11-14-24(20,23)26)16-6-9-21(25)27-15-16/h6,9,15,17-20,26H,3-5,7-8,10-14H2,1-2H3/t17-,18-,19+,20-,22+,23-,24+/m1/s1. The zero-order valence-corrected chi connectivity index (χ0v) is 16.9. The molecular formula is C24H34O3. The summed E-state index contributed by atoms with van der Waals surface area (Å²) in [6.45, 7) is 4.87. The molecule has 1 N–H and O–H groups in total. The first kappa shape index (κ1) is 18.0. The largest absolute Gasteiger partial charge is 0.431 e. The maximum Gasteiger partial charge on any atom is 0.335 e. The Morgan fingerprint density at radius 1 is 0.963 bits per heavy atom. The molecule has 0 saturated heterocycles. The second-order valence-electron chi connectivity index (χ2n) is 10.6. The SMILES string of the molecule is C[C@]12CCCC[C@@H]1CC[C@@H]1[C@@H]2CC[C@]2(C)[C@@H](c3ccc(=O)oc3)CC[C@]12O. The van der Waals surface area contributed by atoms with E-state index in [2.05, 4.69) is 13.8 Å². The number of aliphatic hydroxyl groups is 1. The van der Waals surface area contributed by atoms with Crippen molar-refractivity contribution in [2.45, 2.75) is 89.6 Å². The predicted molar refractivity (Wildman–Crippen MR) is 106 cm³/mol. The molecule has 3 heteroatoms. The van der Waals surface area contributed by atoms with Gasteiger partial charge < -0.3 is 9.52 Å². The lowest BCUT2D eigenvalue weighted by atomic mass is 9.43. The molecule has 4 fully saturated rings. The van der Waals surface area contributed by atoms with Crippen LogP contribution in [0.5, 0.6) is 0 Å². The third-order valence-corrected chi connectivity index (χ3v) is 9.90. The summed E-state index contributed by atoms with van der Waals surface area (Å²) in [6, 6.07) is 3.47. The zero-order valence-electron chi connectivity index (χ0n) is 16.9. The van der Waals surface area contributed by atoms with Gasteiger partial charge in [-0.1, -0.05) is 26.7 Å². The van der Waals surface area contributed by atoms with Crippen LogP contribution in [0, 0.1) is 28.6 Å². The minimum atomic E-state index is -0.567. The first-order valence-electron chi connectivity index (χ1n) is 11.2. The summed E-state index contributed by atoms with van der Waals surface area (Å²) in [7, 11) is 0. The van der Waals surface area contributed by atoms with Crippen molar-refractivity contribution in [3.05, 3.63) is 34.4 Å². The molecule has 0 radical (unpaired) electrons. The van der Waals surface area contributed by atoms with E-state index >= 15 is 0 Å². The van der Waals surface area contributed by atoms with Gasteiger partial charge in [0.2, 0.25) is 0 Å². The minimum Gasteiger partial charge on any atom is -0.431 e. The van der Waals surface area contributed by atoms with Crippen molar-refractivity contribution in [3.8, 4) is 0 Å². The van der Waals surface area contributed by atoms with Crippen LogP contribution in [0.25, 0.3) is 0 Å². The Hall–Kier alpha value is -1.09. The summed E-state index contributed by atoms with van der Waals surface area (Å²) in [5.41, 5.74) is 0.581. The van der Waals surface area contributed by atoms with Crippen molar-refractivity contribution in [2.24, 2.45) is 28.6 Å². The highest BCUT2D eigenvalue weighted by atomic mass is 16.4. The van der Waals surface area contributed by atoms with E-state index in [9.17, 15) is 9.90 Å². The normalized spacial score (nSPS) is 49.1. The van der Waals surface area contributed by atoms with E-state index in [0.717, 1.165) is 30.7 Å². The highest BCUT2D eigenvalue weighted by molar-refractivity contribution is 5.26. The van der Waals surface area contributed by atoms with E-state index in [4.69, 9.17) is 4.42 Å². The van der Waals surface area contributed by atoms with Gasteiger partial charge in [0.05, 0.1) is 11.9 Å². The van der Waals surface area contributed by atoms with Crippen LogP contribution in [0.4, 0.5) is 0 Å². The number of fused-ring (bicyclic) bond motifs is 5. The minimum absolute atomic E-state index is 0.105. The third-order valence-electron chi connectivity index (χ3n) is 9.90. The van der Waals surface area contributed by atoms with E-state index in [-0.39, 0.29) is 11.0 Å². The van der Waals surface area contributed by atoms with E-state index in [0.29, 0.717) is 23.2 Å². The molecule has 4 aliphatic carbocycles. The smallest absolute Gasteiger partial charge is 0.335 e. The molecule has 0 spiro atoms. The monoisotopic (exact) mass is 370 g/mol. The van der Waals surface area contributed by atoms with Gasteiger partial charge in [0.25, 0.3) is 0 Å². The molecule has 4 aliphatic rings. The van der Waals surface area contributed by atoms with Crippen LogP contribution in [0.2, 0.25) is 0 Å². The second kappa shape index (κ2) is 5.95. The highest BCUT2D eigenvalue weighted by Gasteiger charge is 2.67. The number of hydrogen-bond acceptors (Lipinski definition) is 3. The Balaban J connectivity index is 1.50. The van der Waals surface area contributed by atoms with Gasteiger partial charge in [-0.3, -0.25) is 0 Å². The molecule has 1 aromatic heterocycles. The fraction of sp³-hybridized carbons (Fsp3) is 0.792. The summed E-state index contributed by atoms with van der Waals surface area (Å²) in [4.78, 5) is 11.4. The molecule has 4 saturated carbocycles. The van der Waals surface area contributed by atoms with Crippen molar-refractivity contribution in [2.75, 3.05) is 0 Å². The Bertz CT molecular complexity index is 764. The highest BCUT2D eigenvalue weighted by Crippen LogP contribution is 2.70. The second-order valence-corrected chi connectivity index (χ2v) is 10.6. The summed E-state index contributed by atoms with van der Waals surface area (Å²) in [6.07, 6.45) is 13.9. The zero-order chi connectivity index (χ0) is 18.9. The summed E-state index contributed by atoms with van der Waals surface area (Å²) in [5.74, 6) is 2.30. The van der Waals surface area contributed by atoms with Crippen LogP contribution in [0.3, 0.4) is 0 Å². The van der Waals surface area contributed by atoms with Crippen molar-refractivity contribution in [3.63, 3.8) is 0 Å². The first-order chi connectivity index (χ1) is 12.9. The molecule has 1 aromatic rings. The van der Waals surface area contributed by atoms with Gasteiger partial charge >= 0.3 is 5.63 Å². The topological polar surface area (TPSA) is 50.4 Å². The van der Waals surface area contributed by atoms with E-state index < -0.39 is 5.60 Å². The van der Waals surface area contributed by atoms with E-state index in [1.54, 1.807) is 6.26 Å². The maximum atomic E-state index is 12.2. The van der Waals surface area contributed by atoms with Crippen molar-refractivity contribution in [1.29, 1.82) is 0 Å². The van der Waals surface area contributed by atoms with Gasteiger partial charge in [-0.15, -0.1) is 0 Å². The summed E-state index contributed by atoms with van der Waals surface area (Å²) in [5, 5.41) is 12.2. The van der Waals surface area contributed by atoms with Crippen molar-refractivity contribution in [1.82, 2.24) is 0 Å². The van der Waals surface area contributed by atoms with Gasteiger partial charge in [0, 0.05) is 11.5 Å². The maximum absolute atomic E-state index is 12.2. The predicted octanol–water partition coefficient (Wildman–Crippen LogP) is 5.27. The average molecular weight is 371 g/mol. The van der Waals surface area contributed by atoms with E-state index in [1.807, 2.05) is 6.07 Å². The molecule has 1 heterocycles. The van der Waals surface area contributed by atoms with E-state index in [1.165, 1.54) is 51.0 Å². The molecule has 0 unspecified atom stereocenters. The van der Waals surface area contributed by atoms with Crippen LogP contribution in [-0.2, 0) is 0 Å². The summed E-state index contributed by atoms with van der Waals surface area (Å²) >= 11 is 0. The van der Waals surface area contributed by atoms with Crippen molar-refractivity contribution < 1.29 is 9.52 Å². The average Bonchev–Trinajstić information content (AvgIpc) is 2.94. The number of hydrogen-bond donors (Lipinski definition) is 1. The van der Waals surface area contributed by atoms with Gasteiger partial charge in [-0.25, -0.2) is 4.79 Å². The van der Waals surface area contributed by atoms with Crippen LogP contribution < -0.4 is 5.63 Å². The molecule has 27 heavy (non-hydrogen) atoms. The fourth-order valence-corrected chi connectivity index (χ4v) is 8.36. The molecule has 3 nitrogen and oxygen atoms in total. The molecule has 7 atom stereocenters. The quantitative estimate of drug-likeness (QED) is 0.732. The Labute approximate surface area is 162 Å². The Kier molecular flexibility index (Phi) is 3.96. The fourth-order valence-electron chi connectivity index (χ4n) is 8.36. The van der Waals surface area contributed by atoms with Gasteiger partial charge in [0.1, 0.15) is 0 Å². The van der Waals surface area contributed by atoms with Crippen LogP contribution >= 0.6 is 0 Å². The van der Waals surface area contributed by atoms with Gasteiger partial charge in [-0.2, -0.15) is 0 Å². The lowest BCUT2D eigenvalue weighted by molar-refractivity contribution is -0.200.